The van der Waals surface area contributed by atoms with E-state index >= 15 is 0 Å². The van der Waals surface area contributed by atoms with Crippen molar-refractivity contribution in [1.29, 1.82) is 0 Å². The molecule has 2 N–H and O–H groups in total. The van der Waals surface area contributed by atoms with E-state index in [1.807, 2.05) is 73.7 Å². The van der Waals surface area contributed by atoms with E-state index in [1.54, 1.807) is 4.90 Å². The van der Waals surface area contributed by atoms with Gasteiger partial charge < -0.3 is 20.1 Å². The number of benzene rings is 4. The van der Waals surface area contributed by atoms with Crippen molar-refractivity contribution in [2.75, 3.05) is 32.1 Å². The number of rotatable bonds is 10. The number of carbonyl (C=O) groups is 2. The highest BCUT2D eigenvalue weighted by molar-refractivity contribution is 5.92. The first-order valence-electron chi connectivity index (χ1n) is 15.7. The first-order chi connectivity index (χ1) is 21.8. The van der Waals surface area contributed by atoms with Crippen molar-refractivity contribution in [2.45, 2.75) is 45.4 Å². The molecular weight excluding hydrogens is 562 g/mol. The number of anilines is 1. The van der Waals surface area contributed by atoms with Crippen molar-refractivity contribution in [3.8, 4) is 16.9 Å². The van der Waals surface area contributed by atoms with Gasteiger partial charge in [-0.2, -0.15) is 0 Å². The second kappa shape index (κ2) is 15.0. The fourth-order valence-electron chi connectivity index (χ4n) is 5.83. The average Bonchev–Trinajstić information content (AvgIpc) is 3.09. The molecule has 0 bridgehead atoms. The SMILES string of the molecule is C[C@H]1CN([C@@H](C)CO)C(=O)Cc2cc(NC(=O)Cc3ccccc3)ccc2O[C@H]1CN(C)Cc1ccc(-c2ccccc2)cc1. The molecule has 0 fully saturated rings. The van der Waals surface area contributed by atoms with Gasteiger partial charge in [0.05, 0.1) is 25.5 Å². The van der Waals surface area contributed by atoms with E-state index in [-0.39, 0.29) is 49.3 Å². The molecule has 1 aliphatic heterocycles. The zero-order chi connectivity index (χ0) is 31.8. The van der Waals surface area contributed by atoms with Crippen molar-refractivity contribution in [3.05, 3.63) is 120 Å². The Morgan fingerprint density at radius 1 is 0.956 bits per heavy atom. The van der Waals surface area contributed by atoms with Gasteiger partial charge in [0.15, 0.2) is 0 Å². The number of likely N-dealkylation sites (N-methyl/N-ethyl adjacent to an activating group) is 1. The highest BCUT2D eigenvalue weighted by atomic mass is 16.5. The number of nitrogens with zero attached hydrogens (tertiary/aromatic N) is 2. The molecular formula is C38H43N3O4. The smallest absolute Gasteiger partial charge is 0.228 e. The Hall–Kier alpha value is -4.46. The number of aliphatic hydroxyl groups is 1. The standard InChI is InChI=1S/C38H43N3O4/c1-27-23-41(28(2)26-42)38(44)22-33-21-34(39-37(43)20-29-10-6-4-7-11-29)18-19-35(33)45-36(27)25-40(3)24-30-14-16-32(17-15-30)31-12-8-5-9-13-31/h4-19,21,27-28,36,42H,20,22-26H2,1-3H3,(H,39,43)/t27-,28-,36-/m0/s1. The van der Waals surface area contributed by atoms with Crippen LogP contribution in [0.25, 0.3) is 11.1 Å². The maximum absolute atomic E-state index is 13.6. The van der Waals surface area contributed by atoms with Crippen LogP contribution in [0.5, 0.6) is 5.75 Å². The van der Waals surface area contributed by atoms with E-state index in [0.29, 0.717) is 30.1 Å². The normalized spacial score (nSPS) is 17.4. The van der Waals surface area contributed by atoms with E-state index < -0.39 is 0 Å². The molecule has 5 rings (SSSR count). The molecule has 3 atom stereocenters. The summed E-state index contributed by atoms with van der Waals surface area (Å²) in [6.45, 7) is 5.71. The van der Waals surface area contributed by atoms with Crippen molar-refractivity contribution >= 4 is 17.5 Å². The first-order valence-corrected chi connectivity index (χ1v) is 15.7. The number of carbonyl (C=O) groups excluding carboxylic acids is 2. The number of amides is 2. The van der Waals surface area contributed by atoms with Crippen molar-refractivity contribution in [3.63, 3.8) is 0 Å². The summed E-state index contributed by atoms with van der Waals surface area (Å²) in [7, 11) is 2.08. The third-order valence-corrected chi connectivity index (χ3v) is 8.41. The first kappa shape index (κ1) is 31.9. The van der Waals surface area contributed by atoms with Crippen LogP contribution in [0.4, 0.5) is 5.69 Å². The van der Waals surface area contributed by atoms with Crippen molar-refractivity contribution in [1.82, 2.24) is 9.80 Å². The highest BCUT2D eigenvalue weighted by Gasteiger charge is 2.31. The summed E-state index contributed by atoms with van der Waals surface area (Å²) in [6, 6.07) is 33.8. The minimum absolute atomic E-state index is 0.00191. The van der Waals surface area contributed by atoms with Gasteiger partial charge in [-0.25, -0.2) is 0 Å². The summed E-state index contributed by atoms with van der Waals surface area (Å²) in [5.74, 6) is 0.438. The van der Waals surface area contributed by atoms with E-state index in [9.17, 15) is 14.7 Å². The van der Waals surface area contributed by atoms with Crippen molar-refractivity contribution < 1.29 is 19.4 Å². The lowest BCUT2D eigenvalue weighted by Gasteiger charge is -2.34. The van der Waals surface area contributed by atoms with Crippen LogP contribution < -0.4 is 10.1 Å². The van der Waals surface area contributed by atoms with Gasteiger partial charge in [0.25, 0.3) is 0 Å². The largest absolute Gasteiger partial charge is 0.488 e. The molecule has 4 aromatic rings. The third-order valence-electron chi connectivity index (χ3n) is 8.41. The number of nitrogens with one attached hydrogen (secondary N) is 1. The molecule has 4 aromatic carbocycles. The van der Waals surface area contributed by atoms with Gasteiger partial charge in [-0.3, -0.25) is 14.5 Å². The van der Waals surface area contributed by atoms with Crippen molar-refractivity contribution in [2.24, 2.45) is 5.92 Å². The van der Waals surface area contributed by atoms with E-state index in [4.69, 9.17) is 4.74 Å². The van der Waals surface area contributed by atoms with E-state index in [2.05, 4.69) is 60.6 Å². The number of hydrogen-bond acceptors (Lipinski definition) is 5. The lowest BCUT2D eigenvalue weighted by Crippen LogP contribution is -2.47. The molecule has 0 saturated carbocycles. The molecule has 0 unspecified atom stereocenters. The van der Waals surface area contributed by atoms with Crippen LogP contribution in [0.3, 0.4) is 0 Å². The second-order valence-corrected chi connectivity index (χ2v) is 12.2. The Labute approximate surface area is 266 Å². The molecule has 0 aliphatic carbocycles. The fourth-order valence-corrected chi connectivity index (χ4v) is 5.83. The molecule has 2 amide bonds. The molecule has 0 saturated heterocycles. The topological polar surface area (TPSA) is 82.1 Å². The van der Waals surface area contributed by atoms with Gasteiger partial charge in [-0.05, 0) is 54.4 Å². The molecule has 0 radical (unpaired) electrons. The molecule has 1 heterocycles. The zero-order valence-corrected chi connectivity index (χ0v) is 26.4. The van der Waals surface area contributed by atoms with E-state index in [1.165, 1.54) is 16.7 Å². The summed E-state index contributed by atoms with van der Waals surface area (Å²) in [6.07, 6.45) is 0.163. The van der Waals surface area contributed by atoms with Crippen LogP contribution in [-0.4, -0.2) is 65.6 Å². The van der Waals surface area contributed by atoms with Crippen LogP contribution in [0.15, 0.2) is 103 Å². The number of hydrogen-bond donors (Lipinski definition) is 2. The average molecular weight is 606 g/mol. The fraction of sp³-hybridized carbons (Fsp3) is 0.316. The third kappa shape index (κ3) is 8.59. The van der Waals surface area contributed by atoms with Crippen LogP contribution >= 0.6 is 0 Å². The number of ether oxygens (including phenoxy) is 1. The Morgan fingerprint density at radius 2 is 1.62 bits per heavy atom. The summed E-state index contributed by atoms with van der Waals surface area (Å²) < 4.78 is 6.68. The zero-order valence-electron chi connectivity index (χ0n) is 26.4. The second-order valence-electron chi connectivity index (χ2n) is 12.2. The quantitative estimate of drug-likeness (QED) is 0.238. The summed E-state index contributed by atoms with van der Waals surface area (Å²) in [4.78, 5) is 30.4. The maximum atomic E-state index is 13.6. The van der Waals surface area contributed by atoms with Crippen LogP contribution in [0.2, 0.25) is 0 Å². The predicted molar refractivity (Wildman–Crippen MR) is 179 cm³/mol. The minimum Gasteiger partial charge on any atom is -0.488 e. The van der Waals surface area contributed by atoms with Gasteiger partial charge in [0, 0.05) is 36.8 Å². The summed E-state index contributed by atoms with van der Waals surface area (Å²) in [5, 5.41) is 12.9. The molecule has 7 nitrogen and oxygen atoms in total. The Kier molecular flexibility index (Phi) is 10.7. The monoisotopic (exact) mass is 605 g/mol. The molecule has 234 valence electrons. The van der Waals surface area contributed by atoms with Crippen LogP contribution in [-0.2, 0) is 29.0 Å². The predicted octanol–water partition coefficient (Wildman–Crippen LogP) is 5.82. The maximum Gasteiger partial charge on any atom is 0.228 e. The molecule has 0 spiro atoms. The number of fused-ring (bicyclic) bond motifs is 1. The summed E-state index contributed by atoms with van der Waals surface area (Å²) in [5.41, 5.74) is 5.84. The van der Waals surface area contributed by atoms with Crippen LogP contribution in [0, 0.1) is 5.92 Å². The number of aliphatic hydroxyl groups excluding tert-OH is 1. The van der Waals surface area contributed by atoms with Gasteiger partial charge in [-0.1, -0.05) is 91.9 Å². The van der Waals surface area contributed by atoms with Gasteiger partial charge in [0.2, 0.25) is 11.8 Å². The lowest BCUT2D eigenvalue weighted by molar-refractivity contribution is -0.134. The van der Waals surface area contributed by atoms with Gasteiger partial charge in [-0.15, -0.1) is 0 Å². The molecule has 7 heteroatoms. The Balaban J connectivity index is 1.33. The minimum atomic E-state index is -0.322. The molecule has 45 heavy (non-hydrogen) atoms. The van der Waals surface area contributed by atoms with Gasteiger partial charge in [0.1, 0.15) is 11.9 Å². The highest BCUT2D eigenvalue weighted by Crippen LogP contribution is 2.29. The Bertz CT molecular complexity index is 1560. The van der Waals surface area contributed by atoms with Gasteiger partial charge >= 0.3 is 0 Å². The summed E-state index contributed by atoms with van der Waals surface area (Å²) >= 11 is 0. The lowest BCUT2D eigenvalue weighted by atomic mass is 10.0. The van der Waals surface area contributed by atoms with Crippen LogP contribution in [0.1, 0.15) is 30.5 Å². The molecule has 0 aromatic heterocycles. The van der Waals surface area contributed by atoms with E-state index in [0.717, 1.165) is 12.1 Å². The Morgan fingerprint density at radius 3 is 2.31 bits per heavy atom. The molecule has 1 aliphatic rings.